The largest absolute Gasteiger partial charge is 0.497 e. The van der Waals surface area contributed by atoms with Gasteiger partial charge in [0.15, 0.2) is 0 Å². The molecule has 3 aromatic rings. The molecule has 1 saturated carbocycles. The van der Waals surface area contributed by atoms with Crippen LogP contribution in [0, 0.1) is 11.8 Å². The highest BCUT2D eigenvalue weighted by Gasteiger charge is 2.38. The van der Waals surface area contributed by atoms with Gasteiger partial charge in [-0.3, -0.25) is 9.78 Å². The van der Waals surface area contributed by atoms with Crippen LogP contribution in [0.5, 0.6) is 11.5 Å². The maximum atomic E-state index is 11.4. The molecular weight excluding hydrogens is 565 g/mol. The third-order valence-electron chi connectivity index (χ3n) is 7.75. The minimum Gasteiger partial charge on any atom is -0.497 e. The molecule has 1 unspecified atom stereocenters. The number of nitrogens with zero attached hydrogens (tertiary/aromatic N) is 2. The number of halogens is 3. The first kappa shape index (κ1) is 31.7. The van der Waals surface area contributed by atoms with Gasteiger partial charge in [-0.25, -0.2) is 4.79 Å². The van der Waals surface area contributed by atoms with E-state index in [1.807, 2.05) is 48.8 Å². The zero-order chi connectivity index (χ0) is 31.0. The molecule has 1 aliphatic heterocycles. The summed E-state index contributed by atoms with van der Waals surface area (Å²) in [6, 6.07) is 18.4. The number of anilines is 1. The van der Waals surface area contributed by atoms with Crippen molar-refractivity contribution in [1.82, 2.24) is 4.98 Å². The fourth-order valence-electron chi connectivity index (χ4n) is 5.31. The lowest BCUT2D eigenvalue weighted by Crippen LogP contribution is -2.35. The van der Waals surface area contributed by atoms with E-state index in [1.165, 1.54) is 11.3 Å². The number of hydrogen-bond donors (Lipinski definition) is 2. The number of ether oxygens (including phenoxy) is 2. The molecule has 1 aliphatic carbocycles. The number of aromatic nitrogens is 1. The number of carboxylic acids is 2. The van der Waals surface area contributed by atoms with E-state index in [4.69, 9.17) is 19.4 Å². The summed E-state index contributed by atoms with van der Waals surface area (Å²) in [4.78, 5) is 26.9. The van der Waals surface area contributed by atoms with Crippen LogP contribution in [-0.2, 0) is 9.59 Å². The summed E-state index contributed by atoms with van der Waals surface area (Å²) < 4.78 is 43.5. The molecule has 2 heterocycles. The monoisotopic (exact) mass is 600 g/mol. The van der Waals surface area contributed by atoms with Crippen LogP contribution in [0.1, 0.15) is 43.6 Å². The van der Waals surface area contributed by atoms with Crippen LogP contribution in [0.25, 0.3) is 11.1 Å². The second-order valence-electron chi connectivity index (χ2n) is 10.8. The zero-order valence-corrected chi connectivity index (χ0v) is 23.8. The molecule has 2 aliphatic rings. The predicted molar refractivity (Wildman–Crippen MR) is 155 cm³/mol. The number of pyridine rings is 1. The average molecular weight is 601 g/mol. The van der Waals surface area contributed by atoms with Gasteiger partial charge in [0.25, 0.3) is 0 Å². The van der Waals surface area contributed by atoms with Crippen molar-refractivity contribution in [2.75, 3.05) is 31.7 Å². The maximum Gasteiger partial charge on any atom is 0.490 e. The summed E-state index contributed by atoms with van der Waals surface area (Å²) in [6.07, 6.45) is 3.12. The van der Waals surface area contributed by atoms with Gasteiger partial charge in [0.05, 0.1) is 20.1 Å². The molecule has 1 saturated heterocycles. The van der Waals surface area contributed by atoms with E-state index in [9.17, 15) is 23.1 Å². The Labute approximate surface area is 248 Å². The van der Waals surface area contributed by atoms with Crippen molar-refractivity contribution in [3.8, 4) is 22.6 Å². The summed E-state index contributed by atoms with van der Waals surface area (Å²) in [5.74, 6) is -0.709. The molecule has 0 radical (unpaired) electrons. The molecule has 230 valence electrons. The number of carboxylic acid groups (broad SMARTS) is 2. The van der Waals surface area contributed by atoms with Crippen LogP contribution < -0.4 is 14.4 Å². The zero-order valence-electron chi connectivity index (χ0n) is 23.8. The Morgan fingerprint density at radius 2 is 1.65 bits per heavy atom. The highest BCUT2D eigenvalue weighted by atomic mass is 19.4. The first-order chi connectivity index (χ1) is 20.5. The highest BCUT2D eigenvalue weighted by molar-refractivity contribution is 5.79. The number of alkyl halides is 3. The first-order valence-electron chi connectivity index (χ1n) is 14.1. The molecule has 0 amide bonds. The van der Waals surface area contributed by atoms with Gasteiger partial charge < -0.3 is 24.6 Å². The van der Waals surface area contributed by atoms with Crippen LogP contribution in [0.15, 0.2) is 67.0 Å². The lowest BCUT2D eigenvalue weighted by atomic mass is 9.91. The number of methoxy groups -OCH3 is 1. The Morgan fingerprint density at radius 3 is 2.23 bits per heavy atom. The summed E-state index contributed by atoms with van der Waals surface area (Å²) in [6.45, 7) is 2.60. The minimum absolute atomic E-state index is 0.0896. The Hall–Kier alpha value is -4.28. The number of rotatable bonds is 10. The van der Waals surface area contributed by atoms with Gasteiger partial charge in [-0.15, -0.1) is 0 Å². The third-order valence-corrected chi connectivity index (χ3v) is 7.75. The van der Waals surface area contributed by atoms with Crippen molar-refractivity contribution < 1.29 is 42.4 Å². The van der Waals surface area contributed by atoms with Crippen molar-refractivity contribution in [1.29, 1.82) is 0 Å². The minimum atomic E-state index is -5.08. The Kier molecular flexibility index (Phi) is 10.5. The predicted octanol–water partition coefficient (Wildman–Crippen LogP) is 6.65. The van der Waals surface area contributed by atoms with E-state index in [0.29, 0.717) is 18.4 Å². The number of piperidine rings is 1. The van der Waals surface area contributed by atoms with E-state index >= 15 is 0 Å². The average Bonchev–Trinajstić information content (AvgIpc) is 3.85. The highest BCUT2D eigenvalue weighted by Crippen LogP contribution is 2.45. The summed E-state index contributed by atoms with van der Waals surface area (Å²) >= 11 is 0. The van der Waals surface area contributed by atoms with Gasteiger partial charge in [-0.2, -0.15) is 13.2 Å². The first-order valence-corrected chi connectivity index (χ1v) is 14.1. The summed E-state index contributed by atoms with van der Waals surface area (Å²) in [5, 5.41) is 16.5. The molecule has 8 nitrogen and oxygen atoms in total. The molecular formula is C32H35F3N2O6. The van der Waals surface area contributed by atoms with Gasteiger partial charge in [0.1, 0.15) is 11.5 Å². The fraction of sp³-hybridized carbons (Fsp3) is 0.406. The van der Waals surface area contributed by atoms with Crippen LogP contribution >= 0.6 is 0 Å². The van der Waals surface area contributed by atoms with Crippen LogP contribution in [0.3, 0.4) is 0 Å². The second-order valence-corrected chi connectivity index (χ2v) is 10.8. The standard InChI is InChI=1S/C30H34N2O4.C2HF3O2/c1-35-25-7-8-27(23-9-13-31-14-10-23)29(18-25)32-15-11-21(12-16-32)20-36-26-4-2-3-24(17-26)28(19-30(33)34)22-5-6-22;3-2(4,5)1(6)7/h2-4,7-10,13-14,17-18,21-22,28H,5-6,11-12,15-16,19-20H2,1H3,(H,33,34);(H,6,7). The Morgan fingerprint density at radius 1 is 0.977 bits per heavy atom. The van der Waals surface area contributed by atoms with E-state index in [0.717, 1.165) is 61.4 Å². The van der Waals surface area contributed by atoms with Crippen molar-refractivity contribution in [3.63, 3.8) is 0 Å². The van der Waals surface area contributed by atoms with Crippen molar-refractivity contribution in [3.05, 3.63) is 72.6 Å². The molecule has 1 atom stereocenters. The van der Waals surface area contributed by atoms with E-state index in [1.54, 1.807) is 7.11 Å². The summed E-state index contributed by atoms with van der Waals surface area (Å²) in [7, 11) is 1.71. The maximum absolute atomic E-state index is 11.4. The molecule has 5 rings (SSSR count). The van der Waals surface area contributed by atoms with Crippen LogP contribution in [-0.4, -0.2) is 60.1 Å². The lowest BCUT2D eigenvalue weighted by molar-refractivity contribution is -0.192. The fourth-order valence-corrected chi connectivity index (χ4v) is 5.31. The molecule has 2 aromatic carbocycles. The molecule has 2 fully saturated rings. The van der Waals surface area contributed by atoms with Gasteiger partial charge in [0.2, 0.25) is 0 Å². The molecule has 11 heteroatoms. The number of hydrogen-bond acceptors (Lipinski definition) is 6. The smallest absolute Gasteiger partial charge is 0.490 e. The van der Waals surface area contributed by atoms with Gasteiger partial charge in [-0.05, 0) is 91.0 Å². The SMILES string of the molecule is COc1ccc(-c2ccncc2)c(N2CCC(COc3cccc(C(CC(=O)O)C4CC4)c3)CC2)c1.O=C(O)C(F)(F)F. The normalized spacial score (nSPS) is 16.0. The molecule has 2 N–H and O–H groups in total. The molecule has 0 spiro atoms. The number of benzene rings is 2. The van der Waals surface area contributed by atoms with Crippen LogP contribution in [0.2, 0.25) is 0 Å². The van der Waals surface area contributed by atoms with Crippen molar-refractivity contribution >= 4 is 17.6 Å². The van der Waals surface area contributed by atoms with Gasteiger partial charge >= 0.3 is 18.1 Å². The van der Waals surface area contributed by atoms with Crippen molar-refractivity contribution in [2.45, 2.75) is 44.2 Å². The number of aliphatic carboxylic acids is 2. The Bertz CT molecular complexity index is 1370. The topological polar surface area (TPSA) is 109 Å². The number of carbonyl (C=O) groups is 2. The van der Waals surface area contributed by atoms with Crippen LogP contribution in [0.4, 0.5) is 18.9 Å². The van der Waals surface area contributed by atoms with Crippen molar-refractivity contribution in [2.24, 2.45) is 11.8 Å². The third kappa shape index (κ3) is 9.10. The van der Waals surface area contributed by atoms with E-state index < -0.39 is 18.1 Å². The van der Waals surface area contributed by atoms with Gasteiger partial charge in [-0.1, -0.05) is 12.1 Å². The van der Waals surface area contributed by atoms with E-state index in [-0.39, 0.29) is 12.3 Å². The van der Waals surface area contributed by atoms with Gasteiger partial charge in [0, 0.05) is 42.8 Å². The molecule has 43 heavy (non-hydrogen) atoms. The summed E-state index contributed by atoms with van der Waals surface area (Å²) in [5.41, 5.74) is 4.63. The second kappa shape index (κ2) is 14.3. The molecule has 0 bridgehead atoms. The lowest BCUT2D eigenvalue weighted by Gasteiger charge is -2.35. The Balaban J connectivity index is 0.000000541. The van der Waals surface area contributed by atoms with E-state index in [2.05, 4.69) is 28.1 Å². The quantitative estimate of drug-likeness (QED) is 0.266. The molecule has 1 aromatic heterocycles.